The summed E-state index contributed by atoms with van der Waals surface area (Å²) in [4.78, 5) is 31.6. The zero-order chi connectivity index (χ0) is 21.1. The Balaban J connectivity index is 0.00000272. The molecule has 1 aliphatic carbocycles. The number of amides is 1. The molecule has 1 saturated carbocycles. The van der Waals surface area contributed by atoms with Crippen molar-refractivity contribution in [3.8, 4) is 10.4 Å². The van der Waals surface area contributed by atoms with Crippen LogP contribution in [-0.2, 0) is 30.7 Å². The fourth-order valence-corrected chi connectivity index (χ4v) is 5.78. The summed E-state index contributed by atoms with van der Waals surface area (Å²) in [5.74, 6) is 0.987. The molecule has 2 heterocycles. The van der Waals surface area contributed by atoms with Gasteiger partial charge in [0, 0.05) is 44.2 Å². The van der Waals surface area contributed by atoms with E-state index in [9.17, 15) is 9.59 Å². The smallest absolute Gasteiger partial charge is 0.214 e. The maximum atomic E-state index is 13.8. The third kappa shape index (κ3) is 5.56. The van der Waals surface area contributed by atoms with Crippen LogP contribution in [0.1, 0.15) is 50.3 Å². The molecule has 2 fully saturated rings. The number of hydrogen-bond donors (Lipinski definition) is 0. The maximum absolute atomic E-state index is 13.8. The number of hydrogen-bond acceptors (Lipinski definition) is 4. The second-order valence-corrected chi connectivity index (χ2v) is 10.0. The summed E-state index contributed by atoms with van der Waals surface area (Å²) < 4.78 is 0. The van der Waals surface area contributed by atoms with Crippen molar-refractivity contribution in [1.29, 1.82) is 0 Å². The van der Waals surface area contributed by atoms with Gasteiger partial charge in [0.2, 0.25) is 5.91 Å². The second kappa shape index (κ2) is 11.0. The van der Waals surface area contributed by atoms with E-state index < -0.39 is 0 Å². The number of anilines is 1. The normalized spacial score (nSPS) is 22.5. The first kappa shape index (κ1) is 24.4. The van der Waals surface area contributed by atoms with Gasteiger partial charge in [-0.3, -0.25) is 4.79 Å². The van der Waals surface area contributed by atoms with Gasteiger partial charge in [-0.1, -0.05) is 47.8 Å². The Labute approximate surface area is 204 Å². The molecule has 0 unspecified atom stereocenters. The van der Waals surface area contributed by atoms with Gasteiger partial charge in [0.1, 0.15) is 0 Å². The molecule has 1 aliphatic heterocycles. The Kier molecular flexibility index (Phi) is 8.66. The molecule has 0 spiro atoms. The minimum absolute atomic E-state index is 0. The molecule has 2 aromatic rings. The average Bonchev–Trinajstić information content (AvgIpc) is 3.20. The largest absolute Gasteiger partial charge is 0.417 e. The van der Waals surface area contributed by atoms with Gasteiger partial charge in [-0.2, -0.15) is 11.3 Å². The molecule has 1 amide bonds. The van der Waals surface area contributed by atoms with Gasteiger partial charge in [0.15, 0.2) is 0 Å². The number of likely N-dealkylation sites (tertiary alicyclic amines) is 1. The minimum atomic E-state index is 0. The monoisotopic (exact) mass is 607 g/mol. The molecule has 166 valence electrons. The third-order valence-electron chi connectivity index (χ3n) is 6.78. The third-order valence-corrected chi connectivity index (χ3v) is 7.85. The molecule has 1 aromatic heterocycles. The van der Waals surface area contributed by atoms with Gasteiger partial charge in [-0.05, 0) is 70.1 Å². The van der Waals surface area contributed by atoms with E-state index in [2.05, 4.69) is 37.3 Å². The van der Waals surface area contributed by atoms with Crippen LogP contribution in [0, 0.1) is 11.8 Å². The number of carbonyl (C=O) groups is 1. The van der Waals surface area contributed by atoms with Crippen LogP contribution >= 0.6 is 11.3 Å². The molecule has 0 N–H and O–H groups in total. The van der Waals surface area contributed by atoms with Crippen molar-refractivity contribution in [3.63, 3.8) is 0 Å². The van der Waals surface area contributed by atoms with E-state index in [1.807, 2.05) is 29.2 Å². The van der Waals surface area contributed by atoms with Crippen molar-refractivity contribution < 1.29 is 30.7 Å². The van der Waals surface area contributed by atoms with Crippen molar-refractivity contribution in [2.24, 2.45) is 11.8 Å². The van der Waals surface area contributed by atoms with Crippen LogP contribution < -0.4 is 4.90 Å². The number of carbonyl (C=O) groups excluding carboxylic acids is 2. The summed E-state index contributed by atoms with van der Waals surface area (Å²) in [7, 11) is 2.13. The topological polar surface area (TPSA) is 40.6 Å². The Morgan fingerprint density at radius 3 is 2.32 bits per heavy atom. The molecule has 0 bridgehead atoms. The molecule has 2 aliphatic rings. The first-order valence-electron chi connectivity index (χ1n) is 11.2. The van der Waals surface area contributed by atoms with E-state index in [0.717, 1.165) is 67.7 Å². The van der Waals surface area contributed by atoms with E-state index in [1.54, 1.807) is 0 Å². The fourth-order valence-electron chi connectivity index (χ4n) is 4.83. The molecule has 4 nitrogen and oxygen atoms in total. The zero-order valence-corrected chi connectivity index (χ0v) is 22.1. The first-order valence-corrected chi connectivity index (χ1v) is 12.0. The molecular weight excluding hydrogens is 576 g/mol. The Morgan fingerprint density at radius 1 is 1.06 bits per heavy atom. The molecule has 31 heavy (non-hydrogen) atoms. The maximum Gasteiger partial charge on any atom is 0.214 e. The fraction of sp³-hybridized carbons (Fsp3) is 0.520. The molecule has 6 heteroatoms. The standard InChI is InChI=1S/C25H31N2O2S.W/c1-18-8-10-20(11-9-18)25(29)27(21-12-14-26(2)15-13-21)22-16-23(30-24(22)17-28)19-6-4-3-5-7-19;/h3-7,16,18,20-21H,8-15H2,1-2H3;/q-1;. The summed E-state index contributed by atoms with van der Waals surface area (Å²) in [5, 5.41) is 0. The van der Waals surface area contributed by atoms with E-state index in [-0.39, 0.29) is 38.9 Å². The van der Waals surface area contributed by atoms with Crippen molar-refractivity contribution in [2.45, 2.75) is 51.5 Å². The predicted octanol–water partition coefficient (Wildman–Crippen LogP) is 5.12. The van der Waals surface area contributed by atoms with Gasteiger partial charge in [0.25, 0.3) is 0 Å². The van der Waals surface area contributed by atoms with Crippen LogP contribution in [-0.4, -0.2) is 43.3 Å². The van der Waals surface area contributed by atoms with E-state index in [4.69, 9.17) is 0 Å². The van der Waals surface area contributed by atoms with E-state index in [1.165, 1.54) is 11.3 Å². The Morgan fingerprint density at radius 2 is 1.71 bits per heavy atom. The summed E-state index contributed by atoms with van der Waals surface area (Å²) >= 11 is 1.44. The van der Waals surface area contributed by atoms with Crippen molar-refractivity contribution in [2.75, 3.05) is 25.0 Å². The number of thiophene rings is 1. The van der Waals surface area contributed by atoms with Gasteiger partial charge in [-0.25, -0.2) is 0 Å². The molecule has 4 rings (SSSR count). The summed E-state index contributed by atoms with van der Waals surface area (Å²) in [6, 6.07) is 12.3. The predicted molar refractivity (Wildman–Crippen MR) is 124 cm³/mol. The summed E-state index contributed by atoms with van der Waals surface area (Å²) in [6.07, 6.45) is 8.18. The average molecular weight is 607 g/mol. The molecule has 0 radical (unpaired) electrons. The number of benzene rings is 1. The Hall–Kier alpha value is -1.29. The van der Waals surface area contributed by atoms with Crippen LogP contribution in [0.25, 0.3) is 10.4 Å². The van der Waals surface area contributed by atoms with Crippen LogP contribution in [0.4, 0.5) is 5.69 Å². The molecular formula is C25H31N2O2SW-. The van der Waals surface area contributed by atoms with Gasteiger partial charge in [-0.15, -0.1) is 6.07 Å². The molecule has 1 saturated heterocycles. The molecule has 1 aromatic carbocycles. The van der Waals surface area contributed by atoms with Crippen molar-refractivity contribution in [3.05, 3.63) is 41.3 Å². The van der Waals surface area contributed by atoms with E-state index >= 15 is 0 Å². The van der Waals surface area contributed by atoms with Crippen molar-refractivity contribution >= 4 is 29.2 Å². The number of nitrogens with zero attached hydrogens (tertiary/aromatic N) is 2. The number of rotatable bonds is 5. The summed E-state index contributed by atoms with van der Waals surface area (Å²) in [6.45, 7) is 4.23. The second-order valence-electron chi connectivity index (χ2n) is 8.99. The van der Waals surface area contributed by atoms with Crippen LogP contribution in [0.5, 0.6) is 0 Å². The Bertz CT molecular complexity index is 869. The van der Waals surface area contributed by atoms with Gasteiger partial charge < -0.3 is 14.6 Å². The minimum Gasteiger partial charge on any atom is -0.417 e. The number of piperidine rings is 1. The zero-order valence-electron chi connectivity index (χ0n) is 18.4. The SMILES string of the molecule is CC1CCC(C(=O)N(c2cc(-c3ccccc3)sc2[C-]=O)C2CCN(C)CC2)CC1.[W]. The molecule has 0 atom stereocenters. The van der Waals surface area contributed by atoms with Crippen LogP contribution in [0.3, 0.4) is 0 Å². The first-order chi connectivity index (χ1) is 14.6. The summed E-state index contributed by atoms with van der Waals surface area (Å²) in [5.41, 5.74) is 1.85. The van der Waals surface area contributed by atoms with Gasteiger partial charge >= 0.3 is 0 Å². The quantitative estimate of drug-likeness (QED) is 0.444. The van der Waals surface area contributed by atoms with Crippen molar-refractivity contribution in [1.82, 2.24) is 4.90 Å². The van der Waals surface area contributed by atoms with E-state index in [0.29, 0.717) is 10.8 Å². The van der Waals surface area contributed by atoms with Crippen LogP contribution in [0.2, 0.25) is 0 Å². The van der Waals surface area contributed by atoms with Gasteiger partial charge in [0.05, 0.1) is 0 Å². The van der Waals surface area contributed by atoms with Crippen LogP contribution in [0.15, 0.2) is 36.4 Å².